The van der Waals surface area contributed by atoms with Crippen LogP contribution in [-0.4, -0.2) is 62.0 Å². The minimum atomic E-state index is -0.135. The number of hydrogen-bond acceptors (Lipinski definition) is 6. The van der Waals surface area contributed by atoms with Crippen LogP contribution in [0.5, 0.6) is 0 Å². The zero-order chi connectivity index (χ0) is 17.9. The molecule has 2 aliphatic rings. The van der Waals surface area contributed by atoms with Crippen molar-refractivity contribution in [2.75, 3.05) is 26.2 Å². The van der Waals surface area contributed by atoms with E-state index < -0.39 is 0 Å². The number of piperidine rings is 2. The van der Waals surface area contributed by atoms with Gasteiger partial charge < -0.3 is 14.1 Å². The van der Waals surface area contributed by atoms with Crippen molar-refractivity contribution < 1.29 is 9.52 Å². The molecular weight excluding hydrogens is 330 g/mol. The Morgan fingerprint density at radius 3 is 2.73 bits per heavy atom. The molecule has 2 aromatic rings. The molecule has 4 rings (SSSR count). The number of aliphatic hydroxyl groups excluding tert-OH is 1. The summed E-state index contributed by atoms with van der Waals surface area (Å²) in [5, 5.41) is 18.7. The lowest BCUT2D eigenvalue weighted by atomic mass is 9.97. The van der Waals surface area contributed by atoms with Crippen molar-refractivity contribution in [3.63, 3.8) is 0 Å². The van der Waals surface area contributed by atoms with Gasteiger partial charge in [0.2, 0.25) is 0 Å². The number of aliphatic hydroxyl groups is 1. The molecule has 0 saturated carbocycles. The average Bonchev–Trinajstić information content (AvgIpc) is 3.28. The fraction of sp³-hybridized carbons (Fsp3) is 0.684. The van der Waals surface area contributed by atoms with Crippen LogP contribution >= 0.6 is 0 Å². The third-order valence-electron chi connectivity index (χ3n) is 5.75. The topological polar surface area (TPSA) is 70.6 Å². The maximum absolute atomic E-state index is 9.67. The van der Waals surface area contributed by atoms with Crippen molar-refractivity contribution >= 4 is 0 Å². The number of aromatic nitrogens is 3. The summed E-state index contributed by atoms with van der Waals surface area (Å²) < 4.78 is 7.69. The largest absolute Gasteiger partial charge is 0.468 e. The summed E-state index contributed by atoms with van der Waals surface area (Å²) in [6, 6.07) is 3.99. The first-order valence-electron chi connectivity index (χ1n) is 9.72. The van der Waals surface area contributed by atoms with E-state index in [1.807, 2.05) is 12.1 Å². The van der Waals surface area contributed by atoms with E-state index >= 15 is 0 Å². The van der Waals surface area contributed by atoms with Crippen molar-refractivity contribution in [2.24, 2.45) is 7.05 Å². The molecule has 1 atom stereocenters. The Labute approximate surface area is 154 Å². The lowest BCUT2D eigenvalue weighted by molar-refractivity contribution is 0.0775. The van der Waals surface area contributed by atoms with Gasteiger partial charge in [-0.15, -0.1) is 10.2 Å². The molecule has 2 fully saturated rings. The van der Waals surface area contributed by atoms with Crippen LogP contribution in [0.2, 0.25) is 0 Å². The molecule has 2 aliphatic heterocycles. The highest BCUT2D eigenvalue weighted by Gasteiger charge is 2.27. The summed E-state index contributed by atoms with van der Waals surface area (Å²) in [6.07, 6.45) is 5.66. The van der Waals surface area contributed by atoms with Gasteiger partial charge in [-0.2, -0.15) is 0 Å². The zero-order valence-corrected chi connectivity index (χ0v) is 15.5. The summed E-state index contributed by atoms with van der Waals surface area (Å²) in [6.45, 7) is 5.66. The average molecular weight is 359 g/mol. The predicted molar refractivity (Wildman–Crippen MR) is 97.5 cm³/mol. The molecule has 0 spiro atoms. The van der Waals surface area contributed by atoms with Crippen molar-refractivity contribution in [3.8, 4) is 0 Å². The second-order valence-electron chi connectivity index (χ2n) is 7.69. The molecule has 7 nitrogen and oxygen atoms in total. The quantitative estimate of drug-likeness (QED) is 0.877. The highest BCUT2D eigenvalue weighted by atomic mass is 16.3. The minimum Gasteiger partial charge on any atom is -0.468 e. The van der Waals surface area contributed by atoms with E-state index in [-0.39, 0.29) is 6.10 Å². The van der Waals surface area contributed by atoms with E-state index in [4.69, 9.17) is 4.42 Å². The maximum atomic E-state index is 9.67. The zero-order valence-electron chi connectivity index (χ0n) is 15.5. The smallest absolute Gasteiger partial charge is 0.146 e. The Morgan fingerprint density at radius 1 is 1.12 bits per heavy atom. The second-order valence-corrected chi connectivity index (χ2v) is 7.69. The molecule has 142 valence electrons. The molecule has 0 radical (unpaired) electrons. The van der Waals surface area contributed by atoms with Crippen molar-refractivity contribution in [1.82, 2.24) is 24.6 Å². The van der Waals surface area contributed by atoms with Crippen molar-refractivity contribution in [2.45, 2.75) is 50.8 Å². The van der Waals surface area contributed by atoms with Crippen LogP contribution in [0.1, 0.15) is 49.0 Å². The van der Waals surface area contributed by atoms with E-state index in [0.717, 1.165) is 75.9 Å². The highest BCUT2D eigenvalue weighted by Crippen LogP contribution is 2.27. The standard InChI is InChI=1S/C19H29N5O2/c1-22-18(14-23-9-6-16(25)7-10-23)20-21-19(22)15-4-2-8-24(12-15)13-17-5-3-11-26-17/h3,5,11,15-16,25H,2,4,6-10,12-14H2,1H3/t15-/m0/s1. The Hall–Kier alpha value is -1.70. The van der Waals surface area contributed by atoms with Gasteiger partial charge in [-0.05, 0) is 44.4 Å². The molecule has 2 aromatic heterocycles. The Morgan fingerprint density at radius 2 is 1.96 bits per heavy atom. The van der Waals surface area contributed by atoms with Crippen LogP contribution in [0.3, 0.4) is 0 Å². The lowest BCUT2D eigenvalue weighted by Crippen LogP contribution is -2.36. The van der Waals surface area contributed by atoms with Crippen LogP contribution in [0.25, 0.3) is 0 Å². The van der Waals surface area contributed by atoms with Gasteiger partial charge in [0, 0.05) is 32.6 Å². The molecule has 0 bridgehead atoms. The van der Waals surface area contributed by atoms with E-state index in [9.17, 15) is 5.11 Å². The van der Waals surface area contributed by atoms with Crippen LogP contribution in [0.4, 0.5) is 0 Å². The molecule has 26 heavy (non-hydrogen) atoms. The molecule has 0 amide bonds. The predicted octanol–water partition coefficient (Wildman–Crippen LogP) is 1.74. The third kappa shape index (κ3) is 4.00. The Balaban J connectivity index is 1.38. The number of furan rings is 1. The molecule has 1 N–H and O–H groups in total. The minimum absolute atomic E-state index is 0.135. The van der Waals surface area contributed by atoms with Gasteiger partial charge in [-0.25, -0.2) is 0 Å². The van der Waals surface area contributed by atoms with Gasteiger partial charge >= 0.3 is 0 Å². The van der Waals surface area contributed by atoms with Crippen LogP contribution in [0.15, 0.2) is 22.8 Å². The van der Waals surface area contributed by atoms with Gasteiger partial charge in [0.15, 0.2) is 0 Å². The van der Waals surface area contributed by atoms with Crippen molar-refractivity contribution in [1.29, 1.82) is 0 Å². The van der Waals surface area contributed by atoms with Gasteiger partial charge in [0.25, 0.3) is 0 Å². The van der Waals surface area contributed by atoms with E-state index in [1.54, 1.807) is 6.26 Å². The second kappa shape index (κ2) is 7.90. The summed E-state index contributed by atoms with van der Waals surface area (Å²) in [7, 11) is 2.09. The third-order valence-corrected chi connectivity index (χ3v) is 5.75. The SMILES string of the molecule is Cn1c(CN2CCC(O)CC2)nnc1[C@H]1CCCN(Cc2ccco2)C1. The van der Waals surface area contributed by atoms with Crippen LogP contribution in [0, 0.1) is 0 Å². The summed E-state index contributed by atoms with van der Waals surface area (Å²) in [5.41, 5.74) is 0. The molecule has 4 heterocycles. The van der Waals surface area contributed by atoms with Crippen molar-refractivity contribution in [3.05, 3.63) is 35.8 Å². The number of nitrogens with zero attached hydrogens (tertiary/aromatic N) is 5. The summed E-state index contributed by atoms with van der Waals surface area (Å²) in [5.74, 6) is 3.57. The van der Waals surface area contributed by atoms with Crippen LogP contribution in [-0.2, 0) is 20.1 Å². The normalized spacial score (nSPS) is 23.5. The Kier molecular flexibility index (Phi) is 5.38. The molecule has 0 aromatic carbocycles. The number of hydrogen-bond donors (Lipinski definition) is 1. The first kappa shape index (κ1) is 17.7. The monoisotopic (exact) mass is 359 g/mol. The lowest BCUT2D eigenvalue weighted by Gasteiger charge is -2.31. The fourth-order valence-electron chi connectivity index (χ4n) is 4.18. The molecule has 0 unspecified atom stereocenters. The molecule has 7 heteroatoms. The molecular formula is C19H29N5O2. The van der Waals surface area contributed by atoms with Crippen LogP contribution < -0.4 is 0 Å². The maximum Gasteiger partial charge on any atom is 0.146 e. The first-order valence-corrected chi connectivity index (χ1v) is 9.72. The van der Waals surface area contributed by atoms with Gasteiger partial charge in [-0.3, -0.25) is 9.80 Å². The van der Waals surface area contributed by atoms with Gasteiger partial charge in [0.1, 0.15) is 17.4 Å². The number of rotatable bonds is 5. The fourth-order valence-corrected chi connectivity index (χ4v) is 4.18. The van der Waals surface area contributed by atoms with E-state index in [2.05, 4.69) is 31.6 Å². The highest BCUT2D eigenvalue weighted by molar-refractivity contribution is 5.05. The van der Waals surface area contributed by atoms with Gasteiger partial charge in [-0.1, -0.05) is 0 Å². The van der Waals surface area contributed by atoms with E-state index in [1.165, 1.54) is 6.42 Å². The Bertz CT molecular complexity index is 691. The summed E-state index contributed by atoms with van der Waals surface area (Å²) >= 11 is 0. The van der Waals surface area contributed by atoms with E-state index in [0.29, 0.717) is 5.92 Å². The first-order chi connectivity index (χ1) is 12.7. The number of likely N-dealkylation sites (tertiary alicyclic amines) is 2. The van der Waals surface area contributed by atoms with Gasteiger partial charge in [0.05, 0.1) is 25.5 Å². The molecule has 2 saturated heterocycles. The molecule has 0 aliphatic carbocycles. The summed E-state index contributed by atoms with van der Waals surface area (Å²) in [4.78, 5) is 4.82.